The standard InChI is InChI=1S/C25H20FIN6O2S/c26-15-2-1-3-17(10-15)31-25(35)30-16-6-4-14(5-7-16)20-13-36-22-18(11-29-24(28)21(20)22)19-12-33(8-9-34)32-23(19)27/h1-7,10-13,34H,8-9H2,(H2,28,29)(H2,30,31,35). The summed E-state index contributed by atoms with van der Waals surface area (Å²) in [6.45, 7) is 0.422. The maximum absolute atomic E-state index is 13.3. The number of aliphatic hydroxyl groups excluding tert-OH is 1. The van der Waals surface area contributed by atoms with E-state index in [2.05, 4.69) is 43.3 Å². The van der Waals surface area contributed by atoms with E-state index in [0.29, 0.717) is 23.7 Å². The molecule has 0 saturated heterocycles. The number of carbonyl (C=O) groups is 1. The van der Waals surface area contributed by atoms with Crippen LogP contribution in [0, 0.1) is 9.52 Å². The van der Waals surface area contributed by atoms with Gasteiger partial charge in [-0.15, -0.1) is 11.3 Å². The fraction of sp³-hybridized carbons (Fsp3) is 0.0800. The van der Waals surface area contributed by atoms with Gasteiger partial charge < -0.3 is 21.5 Å². The Hall–Kier alpha value is -3.55. The molecule has 11 heteroatoms. The number of hydrogen-bond acceptors (Lipinski definition) is 6. The number of amides is 2. The maximum atomic E-state index is 13.3. The van der Waals surface area contributed by atoms with Crippen LogP contribution in [0.2, 0.25) is 0 Å². The third-order valence-electron chi connectivity index (χ3n) is 5.50. The lowest BCUT2D eigenvalue weighted by Crippen LogP contribution is -2.19. The topological polar surface area (TPSA) is 118 Å². The molecule has 5 rings (SSSR count). The van der Waals surface area contributed by atoms with Gasteiger partial charge in [0.25, 0.3) is 0 Å². The molecule has 3 heterocycles. The predicted molar refractivity (Wildman–Crippen MR) is 150 cm³/mol. The molecule has 0 fully saturated rings. The van der Waals surface area contributed by atoms with Crippen molar-refractivity contribution < 1.29 is 14.3 Å². The number of nitrogens with zero attached hydrogens (tertiary/aromatic N) is 3. The normalized spacial score (nSPS) is 11.1. The Kier molecular flexibility index (Phi) is 6.85. The van der Waals surface area contributed by atoms with E-state index < -0.39 is 11.8 Å². The Balaban J connectivity index is 1.41. The van der Waals surface area contributed by atoms with Gasteiger partial charge in [-0.1, -0.05) is 18.2 Å². The first kappa shape index (κ1) is 24.2. The summed E-state index contributed by atoms with van der Waals surface area (Å²) in [5, 5.41) is 22.0. The molecular formula is C25H20FIN6O2S. The van der Waals surface area contributed by atoms with Crippen LogP contribution in [0.4, 0.5) is 26.4 Å². The second-order valence-electron chi connectivity index (χ2n) is 7.90. The molecule has 8 nitrogen and oxygen atoms in total. The fourth-order valence-electron chi connectivity index (χ4n) is 3.86. The number of halogens is 2. The highest BCUT2D eigenvalue weighted by molar-refractivity contribution is 14.1. The van der Waals surface area contributed by atoms with Crippen LogP contribution in [0.15, 0.2) is 66.3 Å². The summed E-state index contributed by atoms with van der Waals surface area (Å²) in [5.74, 6) is 0.00481. The van der Waals surface area contributed by atoms with Gasteiger partial charge in [-0.25, -0.2) is 14.2 Å². The lowest BCUT2D eigenvalue weighted by Gasteiger charge is -2.09. The van der Waals surface area contributed by atoms with Crippen molar-refractivity contribution >= 4 is 67.2 Å². The van der Waals surface area contributed by atoms with E-state index >= 15 is 0 Å². The van der Waals surface area contributed by atoms with E-state index in [1.165, 1.54) is 18.2 Å². The Morgan fingerprint density at radius 1 is 1.11 bits per heavy atom. The number of nitrogens with one attached hydrogen (secondary N) is 2. The van der Waals surface area contributed by atoms with Crippen molar-refractivity contribution in [3.63, 3.8) is 0 Å². The van der Waals surface area contributed by atoms with Crippen LogP contribution in [0.5, 0.6) is 0 Å². The van der Waals surface area contributed by atoms with E-state index in [9.17, 15) is 14.3 Å². The summed E-state index contributed by atoms with van der Waals surface area (Å²) in [6.07, 6.45) is 3.66. The highest BCUT2D eigenvalue weighted by Gasteiger charge is 2.18. The van der Waals surface area contributed by atoms with Crippen LogP contribution in [0.25, 0.3) is 32.3 Å². The molecule has 0 bridgehead atoms. The molecule has 0 atom stereocenters. The number of carbonyl (C=O) groups excluding carboxylic acids is 1. The summed E-state index contributed by atoms with van der Waals surface area (Å²) in [6, 6.07) is 12.6. The lowest BCUT2D eigenvalue weighted by atomic mass is 10.0. The lowest BCUT2D eigenvalue weighted by molar-refractivity contribution is 0.262. The van der Waals surface area contributed by atoms with Gasteiger partial charge in [0.1, 0.15) is 15.3 Å². The number of aromatic nitrogens is 3. The number of thiophene rings is 1. The smallest absolute Gasteiger partial charge is 0.323 e. The summed E-state index contributed by atoms with van der Waals surface area (Å²) in [7, 11) is 0. The molecule has 182 valence electrons. The molecule has 0 aliphatic rings. The molecule has 0 spiro atoms. The summed E-state index contributed by atoms with van der Waals surface area (Å²) in [4.78, 5) is 16.7. The van der Waals surface area contributed by atoms with Crippen LogP contribution >= 0.6 is 33.9 Å². The number of benzene rings is 2. The third-order valence-corrected chi connectivity index (χ3v) is 7.31. The van der Waals surface area contributed by atoms with Crippen LogP contribution in [-0.4, -0.2) is 32.5 Å². The third kappa shape index (κ3) is 4.90. The number of rotatable bonds is 6. The second kappa shape index (κ2) is 10.2. The number of anilines is 3. The summed E-state index contributed by atoms with van der Waals surface area (Å²) < 4.78 is 16.9. The van der Waals surface area contributed by atoms with Gasteiger partial charge >= 0.3 is 6.03 Å². The van der Waals surface area contributed by atoms with Crippen LogP contribution in [0.1, 0.15) is 0 Å². The number of hydrogen-bond donors (Lipinski definition) is 4. The van der Waals surface area contributed by atoms with Gasteiger partial charge in [0.05, 0.1) is 13.2 Å². The minimum atomic E-state index is -0.469. The van der Waals surface area contributed by atoms with Gasteiger partial charge in [0, 0.05) is 50.5 Å². The van der Waals surface area contributed by atoms with Crippen molar-refractivity contribution in [1.82, 2.24) is 14.8 Å². The van der Waals surface area contributed by atoms with Crippen LogP contribution < -0.4 is 16.4 Å². The van der Waals surface area contributed by atoms with Gasteiger partial charge in [0.2, 0.25) is 0 Å². The van der Waals surface area contributed by atoms with E-state index in [1.54, 1.807) is 40.4 Å². The number of aliphatic hydroxyl groups is 1. The number of nitrogens with two attached hydrogens (primary N) is 1. The highest BCUT2D eigenvalue weighted by Crippen LogP contribution is 2.42. The Morgan fingerprint density at radius 3 is 2.64 bits per heavy atom. The zero-order chi connectivity index (χ0) is 25.2. The van der Waals surface area contributed by atoms with Crippen molar-refractivity contribution in [3.8, 4) is 22.3 Å². The number of pyridine rings is 1. The molecule has 3 aromatic heterocycles. The van der Waals surface area contributed by atoms with Gasteiger partial charge in [0.15, 0.2) is 0 Å². The highest BCUT2D eigenvalue weighted by atomic mass is 127. The number of urea groups is 1. The summed E-state index contributed by atoms with van der Waals surface area (Å²) >= 11 is 3.75. The molecule has 5 N–H and O–H groups in total. The van der Waals surface area contributed by atoms with Crippen LogP contribution in [0.3, 0.4) is 0 Å². The molecule has 0 aliphatic heterocycles. The molecule has 0 saturated carbocycles. The van der Waals surface area contributed by atoms with E-state index in [0.717, 1.165) is 36.0 Å². The monoisotopic (exact) mass is 614 g/mol. The van der Waals surface area contributed by atoms with Crippen molar-refractivity contribution in [2.45, 2.75) is 6.54 Å². The molecule has 0 radical (unpaired) electrons. The van der Waals surface area contributed by atoms with Gasteiger partial charge in [-0.05, 0) is 63.9 Å². The predicted octanol–water partition coefficient (Wildman–Crippen LogP) is 5.79. The molecule has 0 unspecified atom stereocenters. The molecular weight excluding hydrogens is 594 g/mol. The Labute approximate surface area is 223 Å². The Bertz CT molecular complexity index is 1570. The van der Waals surface area contributed by atoms with E-state index in [1.807, 2.05) is 23.7 Å². The van der Waals surface area contributed by atoms with E-state index in [-0.39, 0.29) is 6.61 Å². The molecule has 0 aliphatic carbocycles. The van der Waals surface area contributed by atoms with Crippen molar-refractivity contribution in [2.24, 2.45) is 0 Å². The first-order valence-electron chi connectivity index (χ1n) is 10.9. The van der Waals surface area contributed by atoms with Crippen LogP contribution in [-0.2, 0) is 6.54 Å². The average Bonchev–Trinajstić information content (AvgIpc) is 3.45. The molecule has 5 aromatic rings. The maximum Gasteiger partial charge on any atom is 0.323 e. The minimum absolute atomic E-state index is 0.00701. The molecule has 2 aromatic carbocycles. The largest absolute Gasteiger partial charge is 0.394 e. The zero-order valence-electron chi connectivity index (χ0n) is 18.7. The summed E-state index contributed by atoms with van der Waals surface area (Å²) in [5.41, 5.74) is 11.0. The SMILES string of the molecule is Nc1ncc(-c2cn(CCO)nc2I)c2scc(-c3ccc(NC(=O)Nc4cccc(F)c4)cc3)c12. The number of fused-ring (bicyclic) bond motifs is 1. The Morgan fingerprint density at radius 2 is 1.89 bits per heavy atom. The first-order chi connectivity index (χ1) is 17.4. The van der Waals surface area contributed by atoms with Crippen molar-refractivity contribution in [3.05, 3.63) is 75.8 Å². The quantitative estimate of drug-likeness (QED) is 0.181. The average molecular weight is 614 g/mol. The van der Waals surface area contributed by atoms with Crippen molar-refractivity contribution in [1.29, 1.82) is 0 Å². The van der Waals surface area contributed by atoms with Gasteiger partial charge in [-0.3, -0.25) is 4.68 Å². The zero-order valence-corrected chi connectivity index (χ0v) is 21.7. The van der Waals surface area contributed by atoms with Crippen molar-refractivity contribution in [2.75, 3.05) is 23.0 Å². The molecule has 2 amide bonds. The fourth-order valence-corrected chi connectivity index (χ4v) is 5.68. The van der Waals surface area contributed by atoms with Gasteiger partial charge in [-0.2, -0.15) is 5.10 Å². The minimum Gasteiger partial charge on any atom is -0.394 e. The second-order valence-corrected chi connectivity index (χ2v) is 9.80. The first-order valence-corrected chi connectivity index (χ1v) is 12.8. The molecule has 36 heavy (non-hydrogen) atoms. The number of nitrogen functional groups attached to an aromatic ring is 1. The van der Waals surface area contributed by atoms with E-state index in [4.69, 9.17) is 5.73 Å².